The number of halogens is 1. The highest BCUT2D eigenvalue weighted by molar-refractivity contribution is 6.31. The summed E-state index contributed by atoms with van der Waals surface area (Å²) in [5.41, 5.74) is 6.27. The topological polar surface area (TPSA) is 99.3 Å². The van der Waals surface area contributed by atoms with Crippen molar-refractivity contribution in [2.75, 3.05) is 0 Å². The molecule has 2 N–H and O–H groups in total. The number of nitriles is 1. The molecule has 4 rings (SSSR count). The molecule has 0 aliphatic carbocycles. The Balaban J connectivity index is 1.51. The van der Waals surface area contributed by atoms with Crippen LogP contribution in [0.25, 0.3) is 10.9 Å². The van der Waals surface area contributed by atoms with Gasteiger partial charge in [-0.15, -0.1) is 0 Å². The van der Waals surface area contributed by atoms with Crippen LogP contribution in [0.5, 0.6) is 0 Å². The van der Waals surface area contributed by atoms with Gasteiger partial charge in [-0.05, 0) is 41.8 Å². The zero-order chi connectivity index (χ0) is 26.4. The SMILES string of the molecule is CC(C)C(NC(=O)c1cccc(Cl)c1)C(=O)N/N=C\c1cn(Cc2ccccc2C#N)c2ccccc12. The summed E-state index contributed by atoms with van der Waals surface area (Å²) in [6.45, 7) is 4.22. The Morgan fingerprint density at radius 1 is 1.08 bits per heavy atom. The quantitative estimate of drug-likeness (QED) is 0.254. The van der Waals surface area contributed by atoms with Crippen molar-refractivity contribution in [2.45, 2.75) is 26.4 Å². The second-order valence-corrected chi connectivity index (χ2v) is 9.37. The lowest BCUT2D eigenvalue weighted by Gasteiger charge is -2.20. The van der Waals surface area contributed by atoms with Gasteiger partial charge in [0, 0.05) is 39.8 Å². The molecule has 8 heteroatoms. The predicted octanol–water partition coefficient (Wildman–Crippen LogP) is 5.12. The molecule has 4 aromatic rings. The molecule has 0 spiro atoms. The Morgan fingerprint density at radius 3 is 2.59 bits per heavy atom. The molecule has 0 saturated carbocycles. The number of nitrogens with zero attached hydrogens (tertiary/aromatic N) is 3. The number of para-hydroxylation sites is 1. The van der Waals surface area contributed by atoms with E-state index in [2.05, 4.69) is 26.5 Å². The molecule has 2 amide bonds. The Labute approximate surface area is 220 Å². The summed E-state index contributed by atoms with van der Waals surface area (Å²) >= 11 is 5.99. The molecular weight excluding hydrogens is 486 g/mol. The summed E-state index contributed by atoms with van der Waals surface area (Å²) in [6.07, 6.45) is 3.53. The first-order chi connectivity index (χ1) is 17.9. The fourth-order valence-corrected chi connectivity index (χ4v) is 4.27. The van der Waals surface area contributed by atoms with Crippen LogP contribution in [0.2, 0.25) is 5.02 Å². The number of rotatable bonds is 8. The summed E-state index contributed by atoms with van der Waals surface area (Å²) < 4.78 is 2.05. The van der Waals surface area contributed by atoms with Crippen LogP contribution in [-0.2, 0) is 11.3 Å². The zero-order valence-electron chi connectivity index (χ0n) is 20.5. The van der Waals surface area contributed by atoms with Crippen molar-refractivity contribution >= 4 is 40.5 Å². The Kier molecular flexibility index (Phi) is 8.02. The lowest BCUT2D eigenvalue weighted by atomic mass is 10.0. The van der Waals surface area contributed by atoms with E-state index in [9.17, 15) is 14.9 Å². The fraction of sp³-hybridized carbons (Fsp3) is 0.172. The number of carbonyl (C=O) groups excluding carboxylic acids is 2. The zero-order valence-corrected chi connectivity index (χ0v) is 21.2. The lowest BCUT2D eigenvalue weighted by molar-refractivity contribution is -0.123. The van der Waals surface area contributed by atoms with Crippen molar-refractivity contribution in [1.29, 1.82) is 5.26 Å². The van der Waals surface area contributed by atoms with Gasteiger partial charge >= 0.3 is 0 Å². The maximum Gasteiger partial charge on any atom is 0.262 e. The Bertz CT molecular complexity index is 1520. The van der Waals surface area contributed by atoms with E-state index in [-0.39, 0.29) is 11.8 Å². The first kappa shape index (κ1) is 25.7. The number of hydrogen-bond donors (Lipinski definition) is 2. The van der Waals surface area contributed by atoms with Crippen LogP contribution in [0.3, 0.4) is 0 Å². The minimum Gasteiger partial charge on any atom is -0.342 e. The van der Waals surface area contributed by atoms with Crippen molar-refractivity contribution in [3.05, 3.63) is 106 Å². The van der Waals surface area contributed by atoms with E-state index in [1.165, 1.54) is 0 Å². The van der Waals surface area contributed by atoms with Gasteiger partial charge in [-0.25, -0.2) is 5.43 Å². The van der Waals surface area contributed by atoms with Crippen LogP contribution < -0.4 is 10.7 Å². The standard InChI is InChI=1S/C29H26ClN5O2/c1-19(2)27(33-28(36)20-10-7-11-24(30)14-20)29(37)34-32-16-23-18-35(26-13-6-5-12-25(23)26)17-22-9-4-3-8-21(22)15-31/h3-14,16,18-19,27H,17H2,1-2H3,(H,33,36)(H,34,37)/b32-16-. The van der Waals surface area contributed by atoms with E-state index in [1.54, 1.807) is 36.5 Å². The van der Waals surface area contributed by atoms with Crippen molar-refractivity contribution in [3.63, 3.8) is 0 Å². The minimum absolute atomic E-state index is 0.166. The van der Waals surface area contributed by atoms with Crippen LogP contribution in [0.1, 0.15) is 40.9 Å². The molecule has 7 nitrogen and oxygen atoms in total. The maximum absolute atomic E-state index is 12.9. The van der Waals surface area contributed by atoms with Gasteiger partial charge in [0.1, 0.15) is 6.04 Å². The average molecular weight is 512 g/mol. The largest absolute Gasteiger partial charge is 0.342 e. The number of benzene rings is 3. The highest BCUT2D eigenvalue weighted by atomic mass is 35.5. The van der Waals surface area contributed by atoms with Gasteiger partial charge < -0.3 is 9.88 Å². The van der Waals surface area contributed by atoms with Gasteiger partial charge in [0.05, 0.1) is 17.8 Å². The third kappa shape index (κ3) is 6.05. The van der Waals surface area contributed by atoms with E-state index in [4.69, 9.17) is 11.6 Å². The van der Waals surface area contributed by atoms with Gasteiger partial charge in [-0.2, -0.15) is 10.4 Å². The molecule has 0 aliphatic rings. The first-order valence-electron chi connectivity index (χ1n) is 11.8. The molecule has 0 radical (unpaired) electrons. The van der Waals surface area contributed by atoms with Crippen LogP contribution >= 0.6 is 11.6 Å². The van der Waals surface area contributed by atoms with Gasteiger partial charge in [0.2, 0.25) is 0 Å². The molecule has 1 atom stereocenters. The molecule has 0 saturated heterocycles. The van der Waals surface area contributed by atoms with E-state index in [0.29, 0.717) is 22.7 Å². The molecule has 1 heterocycles. The third-order valence-corrected chi connectivity index (χ3v) is 6.23. The number of hydrazone groups is 1. The predicted molar refractivity (Wildman–Crippen MR) is 145 cm³/mol. The summed E-state index contributed by atoms with van der Waals surface area (Å²) in [4.78, 5) is 25.5. The van der Waals surface area contributed by atoms with E-state index in [1.807, 2.05) is 62.5 Å². The molecule has 0 fully saturated rings. The number of nitrogens with one attached hydrogen (secondary N) is 2. The van der Waals surface area contributed by atoms with Crippen LogP contribution in [0.15, 0.2) is 84.1 Å². The summed E-state index contributed by atoms with van der Waals surface area (Å²) in [5.74, 6) is -0.977. The normalized spacial score (nSPS) is 12.0. The monoisotopic (exact) mass is 511 g/mol. The smallest absolute Gasteiger partial charge is 0.262 e. The Morgan fingerprint density at radius 2 is 1.84 bits per heavy atom. The van der Waals surface area contributed by atoms with Gasteiger partial charge in [0.15, 0.2) is 0 Å². The van der Waals surface area contributed by atoms with Crippen LogP contribution in [0.4, 0.5) is 0 Å². The van der Waals surface area contributed by atoms with Crippen molar-refractivity contribution in [2.24, 2.45) is 11.0 Å². The number of hydrogen-bond acceptors (Lipinski definition) is 4. The summed E-state index contributed by atoms with van der Waals surface area (Å²) in [5, 5.41) is 17.8. The van der Waals surface area contributed by atoms with Gasteiger partial charge in [-0.1, -0.05) is 67.9 Å². The van der Waals surface area contributed by atoms with Crippen molar-refractivity contribution in [3.8, 4) is 6.07 Å². The molecular formula is C29H26ClN5O2. The van der Waals surface area contributed by atoms with Crippen molar-refractivity contribution < 1.29 is 9.59 Å². The number of carbonyl (C=O) groups is 2. The van der Waals surface area contributed by atoms with E-state index in [0.717, 1.165) is 22.0 Å². The summed E-state index contributed by atoms with van der Waals surface area (Å²) in [6, 6.07) is 23.4. The molecule has 186 valence electrons. The van der Waals surface area contributed by atoms with Crippen LogP contribution in [0, 0.1) is 17.2 Å². The molecule has 1 unspecified atom stereocenters. The minimum atomic E-state index is -0.785. The highest BCUT2D eigenvalue weighted by Gasteiger charge is 2.24. The second-order valence-electron chi connectivity index (χ2n) is 8.94. The fourth-order valence-electron chi connectivity index (χ4n) is 4.08. The molecule has 1 aromatic heterocycles. The van der Waals surface area contributed by atoms with E-state index < -0.39 is 11.9 Å². The van der Waals surface area contributed by atoms with Gasteiger partial charge in [-0.3, -0.25) is 9.59 Å². The Hall–Kier alpha value is -4.41. The summed E-state index contributed by atoms with van der Waals surface area (Å²) in [7, 11) is 0. The van der Waals surface area contributed by atoms with Gasteiger partial charge in [0.25, 0.3) is 11.8 Å². The lowest BCUT2D eigenvalue weighted by Crippen LogP contribution is -2.48. The number of aromatic nitrogens is 1. The van der Waals surface area contributed by atoms with Crippen molar-refractivity contribution in [1.82, 2.24) is 15.3 Å². The van der Waals surface area contributed by atoms with Crippen LogP contribution in [-0.4, -0.2) is 28.6 Å². The average Bonchev–Trinajstić information content (AvgIpc) is 3.24. The number of fused-ring (bicyclic) bond motifs is 1. The first-order valence-corrected chi connectivity index (χ1v) is 12.2. The highest BCUT2D eigenvalue weighted by Crippen LogP contribution is 2.22. The van der Waals surface area contributed by atoms with E-state index >= 15 is 0 Å². The molecule has 37 heavy (non-hydrogen) atoms. The maximum atomic E-state index is 12.9. The third-order valence-electron chi connectivity index (χ3n) is 6.00. The number of amides is 2. The second kappa shape index (κ2) is 11.5. The molecule has 0 aliphatic heterocycles. The molecule has 3 aromatic carbocycles. The molecule has 0 bridgehead atoms.